The Bertz CT molecular complexity index is 362. The van der Waals surface area contributed by atoms with Crippen molar-refractivity contribution in [2.45, 2.75) is 59.5 Å². The van der Waals surface area contributed by atoms with Gasteiger partial charge in [0.25, 0.3) is 0 Å². The lowest BCUT2D eigenvalue weighted by Gasteiger charge is -2.33. The average Bonchev–Trinajstić information content (AvgIpc) is 2.39. The van der Waals surface area contributed by atoms with Gasteiger partial charge in [-0.15, -0.1) is 0 Å². The molecule has 0 heterocycles. The van der Waals surface area contributed by atoms with Crippen molar-refractivity contribution in [3.05, 3.63) is 29.8 Å². The molecule has 0 aliphatic rings. The fourth-order valence-electron chi connectivity index (χ4n) is 2.72. The summed E-state index contributed by atoms with van der Waals surface area (Å²) in [6.45, 7) is 13.5. The van der Waals surface area contributed by atoms with Gasteiger partial charge in [-0.2, -0.15) is 0 Å². The van der Waals surface area contributed by atoms with E-state index in [1.165, 1.54) is 24.1 Å². The smallest absolute Gasteiger partial charge is 0.0398 e. The topological polar surface area (TPSA) is 15.3 Å². The summed E-state index contributed by atoms with van der Waals surface area (Å²) in [6.07, 6.45) is 2.39. The Kier molecular flexibility index (Phi) is 6.93. The Morgan fingerprint density at radius 2 is 1.84 bits per heavy atom. The number of benzene rings is 1. The molecule has 1 rings (SSSR count). The molecule has 0 aliphatic heterocycles. The Morgan fingerprint density at radius 3 is 2.42 bits per heavy atom. The van der Waals surface area contributed by atoms with Crippen LogP contribution in [0.2, 0.25) is 0 Å². The number of hydrogen-bond acceptors (Lipinski definition) is 2. The van der Waals surface area contributed by atoms with Gasteiger partial charge >= 0.3 is 0 Å². The van der Waals surface area contributed by atoms with Crippen molar-refractivity contribution in [2.24, 2.45) is 0 Å². The summed E-state index contributed by atoms with van der Waals surface area (Å²) < 4.78 is 0. The standard InChI is InChI=1S/C17H30N2/c1-6-12-18-15(4)13-16(5)19(7-2)17-11-9-8-10-14(17)3/h8-11,15-16,18H,6-7,12-13H2,1-5H3. The van der Waals surface area contributed by atoms with Crippen LogP contribution in [0.15, 0.2) is 24.3 Å². The summed E-state index contributed by atoms with van der Waals surface area (Å²) >= 11 is 0. The van der Waals surface area contributed by atoms with Crippen LogP contribution < -0.4 is 10.2 Å². The van der Waals surface area contributed by atoms with Crippen molar-refractivity contribution >= 4 is 5.69 Å². The molecule has 0 fully saturated rings. The van der Waals surface area contributed by atoms with E-state index >= 15 is 0 Å². The van der Waals surface area contributed by atoms with Crippen molar-refractivity contribution in [1.82, 2.24) is 5.32 Å². The molecule has 0 aliphatic carbocycles. The van der Waals surface area contributed by atoms with Crippen LogP contribution in [0.25, 0.3) is 0 Å². The number of anilines is 1. The summed E-state index contributed by atoms with van der Waals surface area (Å²) in [7, 11) is 0. The highest BCUT2D eigenvalue weighted by molar-refractivity contribution is 5.53. The van der Waals surface area contributed by atoms with E-state index in [-0.39, 0.29) is 0 Å². The number of rotatable bonds is 8. The van der Waals surface area contributed by atoms with E-state index in [1.54, 1.807) is 0 Å². The van der Waals surface area contributed by atoms with E-state index in [1.807, 2.05) is 0 Å². The first-order valence-corrected chi connectivity index (χ1v) is 7.65. The predicted molar refractivity (Wildman–Crippen MR) is 86.0 cm³/mol. The van der Waals surface area contributed by atoms with E-state index in [0.717, 1.165) is 13.1 Å². The second-order valence-corrected chi connectivity index (χ2v) is 5.51. The van der Waals surface area contributed by atoms with Crippen LogP contribution in [-0.4, -0.2) is 25.2 Å². The first-order valence-electron chi connectivity index (χ1n) is 7.65. The maximum Gasteiger partial charge on any atom is 0.0398 e. The van der Waals surface area contributed by atoms with Crippen molar-refractivity contribution in [2.75, 3.05) is 18.0 Å². The normalized spacial score (nSPS) is 14.2. The van der Waals surface area contributed by atoms with Crippen LogP contribution in [0.1, 0.15) is 46.1 Å². The molecule has 0 bridgehead atoms. The van der Waals surface area contributed by atoms with Crippen molar-refractivity contribution in [1.29, 1.82) is 0 Å². The van der Waals surface area contributed by atoms with Gasteiger partial charge in [0.15, 0.2) is 0 Å². The van der Waals surface area contributed by atoms with Gasteiger partial charge in [-0.05, 0) is 58.7 Å². The van der Waals surface area contributed by atoms with Crippen LogP contribution in [0.4, 0.5) is 5.69 Å². The minimum Gasteiger partial charge on any atom is -0.369 e. The molecule has 1 aromatic rings. The van der Waals surface area contributed by atoms with Crippen molar-refractivity contribution in [3.8, 4) is 0 Å². The number of para-hydroxylation sites is 1. The summed E-state index contributed by atoms with van der Waals surface area (Å²) in [5.41, 5.74) is 2.74. The van der Waals surface area contributed by atoms with E-state index in [9.17, 15) is 0 Å². The maximum absolute atomic E-state index is 3.58. The number of nitrogens with one attached hydrogen (secondary N) is 1. The van der Waals surface area contributed by atoms with Gasteiger partial charge in [0.1, 0.15) is 0 Å². The SMILES string of the molecule is CCCNC(C)CC(C)N(CC)c1ccccc1C. The Morgan fingerprint density at radius 1 is 1.16 bits per heavy atom. The third-order valence-electron chi connectivity index (χ3n) is 3.74. The van der Waals surface area contributed by atoms with Gasteiger partial charge in [0.05, 0.1) is 0 Å². The lowest BCUT2D eigenvalue weighted by Crippen LogP contribution is -2.39. The molecular weight excluding hydrogens is 232 g/mol. The molecule has 0 aromatic heterocycles. The molecule has 2 nitrogen and oxygen atoms in total. The fraction of sp³-hybridized carbons (Fsp3) is 0.647. The first-order chi connectivity index (χ1) is 9.10. The molecule has 108 valence electrons. The summed E-state index contributed by atoms with van der Waals surface area (Å²) in [4.78, 5) is 2.51. The predicted octanol–water partition coefficient (Wildman–Crippen LogP) is 3.99. The summed E-state index contributed by atoms with van der Waals surface area (Å²) in [5, 5.41) is 3.58. The lowest BCUT2D eigenvalue weighted by atomic mass is 10.1. The molecule has 19 heavy (non-hydrogen) atoms. The number of hydrogen-bond donors (Lipinski definition) is 1. The molecule has 0 radical (unpaired) electrons. The molecule has 0 saturated carbocycles. The van der Waals surface area contributed by atoms with Gasteiger partial charge in [-0.25, -0.2) is 0 Å². The van der Waals surface area contributed by atoms with E-state index < -0.39 is 0 Å². The van der Waals surface area contributed by atoms with Crippen LogP contribution in [0, 0.1) is 6.92 Å². The van der Waals surface area contributed by atoms with E-state index in [0.29, 0.717) is 12.1 Å². The van der Waals surface area contributed by atoms with Gasteiger partial charge in [-0.3, -0.25) is 0 Å². The minimum atomic E-state index is 0.561. The van der Waals surface area contributed by atoms with Gasteiger partial charge < -0.3 is 10.2 Å². The Balaban J connectivity index is 2.67. The largest absolute Gasteiger partial charge is 0.369 e. The molecule has 0 saturated heterocycles. The molecule has 2 unspecified atom stereocenters. The number of nitrogens with zero attached hydrogens (tertiary/aromatic N) is 1. The maximum atomic E-state index is 3.58. The molecular formula is C17H30N2. The van der Waals surface area contributed by atoms with Gasteiger partial charge in [0, 0.05) is 24.3 Å². The monoisotopic (exact) mass is 262 g/mol. The first kappa shape index (κ1) is 16.0. The Hall–Kier alpha value is -1.02. The minimum absolute atomic E-state index is 0.561. The third kappa shape index (κ3) is 4.87. The van der Waals surface area contributed by atoms with Gasteiger partial charge in [0.2, 0.25) is 0 Å². The zero-order chi connectivity index (χ0) is 14.3. The molecule has 2 atom stereocenters. The van der Waals surface area contributed by atoms with Crippen LogP contribution in [0.3, 0.4) is 0 Å². The zero-order valence-electron chi connectivity index (χ0n) is 13.2. The highest BCUT2D eigenvalue weighted by Crippen LogP contribution is 2.23. The van der Waals surface area contributed by atoms with Gasteiger partial charge in [-0.1, -0.05) is 25.1 Å². The van der Waals surface area contributed by atoms with Crippen LogP contribution >= 0.6 is 0 Å². The fourth-order valence-corrected chi connectivity index (χ4v) is 2.72. The molecule has 0 spiro atoms. The summed E-state index contributed by atoms with van der Waals surface area (Å²) in [6, 6.07) is 9.82. The molecule has 2 heteroatoms. The average molecular weight is 262 g/mol. The zero-order valence-corrected chi connectivity index (χ0v) is 13.2. The third-order valence-corrected chi connectivity index (χ3v) is 3.74. The summed E-state index contributed by atoms with van der Waals surface area (Å²) in [5.74, 6) is 0. The highest BCUT2D eigenvalue weighted by Gasteiger charge is 2.16. The quantitative estimate of drug-likeness (QED) is 0.762. The highest BCUT2D eigenvalue weighted by atomic mass is 15.2. The number of aryl methyl sites for hydroxylation is 1. The van der Waals surface area contributed by atoms with E-state index in [4.69, 9.17) is 0 Å². The molecule has 1 aromatic carbocycles. The van der Waals surface area contributed by atoms with E-state index in [2.05, 4.69) is 69.1 Å². The van der Waals surface area contributed by atoms with Crippen LogP contribution in [-0.2, 0) is 0 Å². The Labute approximate surface area is 119 Å². The molecule has 0 amide bonds. The lowest BCUT2D eigenvalue weighted by molar-refractivity contribution is 0.461. The van der Waals surface area contributed by atoms with Crippen LogP contribution in [0.5, 0.6) is 0 Å². The second kappa shape index (κ2) is 8.21. The second-order valence-electron chi connectivity index (χ2n) is 5.51. The molecule has 1 N–H and O–H groups in total. The van der Waals surface area contributed by atoms with Crippen molar-refractivity contribution in [3.63, 3.8) is 0 Å². The van der Waals surface area contributed by atoms with Crippen molar-refractivity contribution < 1.29 is 0 Å².